The summed E-state index contributed by atoms with van der Waals surface area (Å²) < 4.78 is 41.1. The van der Waals surface area contributed by atoms with E-state index < -0.39 is 6.04 Å². The van der Waals surface area contributed by atoms with E-state index in [-0.39, 0.29) is 18.3 Å². The molecule has 1 unspecified atom stereocenters. The van der Waals surface area contributed by atoms with E-state index in [0.717, 1.165) is 11.1 Å². The highest BCUT2D eigenvalue weighted by Crippen LogP contribution is 2.39. The number of hydrogen-bond acceptors (Lipinski definition) is 6. The summed E-state index contributed by atoms with van der Waals surface area (Å²) in [6.45, 7) is 0.638. The van der Waals surface area contributed by atoms with Crippen LogP contribution >= 0.6 is 0 Å². The molecule has 1 aliphatic rings. The van der Waals surface area contributed by atoms with Gasteiger partial charge in [-0.15, -0.1) is 0 Å². The van der Waals surface area contributed by atoms with E-state index in [1.54, 1.807) is 63.7 Å². The van der Waals surface area contributed by atoms with Crippen molar-refractivity contribution in [2.75, 3.05) is 41.6 Å². The van der Waals surface area contributed by atoms with Crippen LogP contribution in [0.2, 0.25) is 0 Å². The molecular formula is C27H28FNO6. The number of halogens is 1. The zero-order valence-corrected chi connectivity index (χ0v) is 20.2. The molecule has 0 aliphatic carbocycles. The maximum atomic E-state index is 13.7. The lowest BCUT2D eigenvalue weighted by molar-refractivity contribution is 0.0588. The fraction of sp³-hybridized carbons (Fsp3) is 0.296. The molecule has 1 heterocycles. The number of carbonyl (C=O) groups excluding carboxylic acids is 1. The van der Waals surface area contributed by atoms with Crippen LogP contribution in [0.25, 0.3) is 0 Å². The Balaban J connectivity index is 1.72. The van der Waals surface area contributed by atoms with Crippen LogP contribution in [0, 0.1) is 5.82 Å². The lowest BCUT2D eigenvalue weighted by Gasteiger charge is -2.37. The fourth-order valence-corrected chi connectivity index (χ4v) is 4.25. The Hall–Kier alpha value is -3.94. The summed E-state index contributed by atoms with van der Waals surface area (Å²) in [5.74, 6) is 2.22. The second-order valence-electron chi connectivity index (χ2n) is 8.04. The van der Waals surface area contributed by atoms with Gasteiger partial charge in [0.2, 0.25) is 0 Å². The maximum Gasteiger partial charge on any atom is 0.254 e. The van der Waals surface area contributed by atoms with Gasteiger partial charge in [0.25, 0.3) is 5.91 Å². The summed E-state index contributed by atoms with van der Waals surface area (Å²) in [6.07, 6.45) is 0.635. The van der Waals surface area contributed by atoms with Crippen molar-refractivity contribution in [3.63, 3.8) is 0 Å². The number of benzene rings is 3. The van der Waals surface area contributed by atoms with Crippen molar-refractivity contribution in [1.82, 2.24) is 4.90 Å². The van der Waals surface area contributed by atoms with Gasteiger partial charge in [-0.05, 0) is 66.1 Å². The minimum atomic E-state index is -0.423. The molecule has 8 heteroatoms. The van der Waals surface area contributed by atoms with Crippen LogP contribution in [-0.2, 0) is 6.42 Å². The van der Waals surface area contributed by atoms with Crippen molar-refractivity contribution in [3.05, 3.63) is 77.1 Å². The summed E-state index contributed by atoms with van der Waals surface area (Å²) in [5.41, 5.74) is 2.39. The third kappa shape index (κ3) is 5.11. The molecule has 7 nitrogen and oxygen atoms in total. The zero-order valence-electron chi connectivity index (χ0n) is 20.2. The Morgan fingerprint density at radius 1 is 0.857 bits per heavy atom. The summed E-state index contributed by atoms with van der Waals surface area (Å²) in [5, 5.41) is 0. The quantitative estimate of drug-likeness (QED) is 0.466. The molecule has 1 aliphatic heterocycles. The Bertz CT molecular complexity index is 1170. The van der Waals surface area contributed by atoms with Gasteiger partial charge in [-0.2, -0.15) is 0 Å². The van der Waals surface area contributed by atoms with Crippen molar-refractivity contribution >= 4 is 5.91 Å². The first-order chi connectivity index (χ1) is 17.0. The third-order valence-corrected chi connectivity index (χ3v) is 6.08. The number of methoxy groups -OCH3 is 4. The lowest BCUT2D eigenvalue weighted by atomic mass is 9.91. The molecule has 0 aromatic heterocycles. The van der Waals surface area contributed by atoms with E-state index in [4.69, 9.17) is 23.7 Å². The van der Waals surface area contributed by atoms with E-state index in [1.807, 2.05) is 12.1 Å². The van der Waals surface area contributed by atoms with Crippen molar-refractivity contribution in [3.8, 4) is 28.7 Å². The van der Waals surface area contributed by atoms with Gasteiger partial charge in [0.1, 0.15) is 29.7 Å². The molecule has 0 saturated carbocycles. The summed E-state index contributed by atoms with van der Waals surface area (Å²) in [4.78, 5) is 15.5. The average molecular weight is 482 g/mol. The van der Waals surface area contributed by atoms with Gasteiger partial charge in [0.15, 0.2) is 11.5 Å². The molecule has 0 saturated heterocycles. The summed E-state index contributed by atoms with van der Waals surface area (Å²) >= 11 is 0. The second kappa shape index (κ2) is 10.5. The largest absolute Gasteiger partial charge is 0.497 e. The van der Waals surface area contributed by atoms with Crippen LogP contribution in [0.4, 0.5) is 4.39 Å². The molecule has 1 atom stereocenters. The van der Waals surface area contributed by atoms with E-state index in [0.29, 0.717) is 47.3 Å². The minimum absolute atomic E-state index is 0.168. The molecular weight excluding hydrogens is 453 g/mol. The predicted octanol–water partition coefficient (Wildman–Crippen LogP) is 4.68. The van der Waals surface area contributed by atoms with E-state index in [9.17, 15) is 9.18 Å². The van der Waals surface area contributed by atoms with Gasteiger partial charge < -0.3 is 28.6 Å². The van der Waals surface area contributed by atoms with Gasteiger partial charge in [-0.1, -0.05) is 0 Å². The highest BCUT2D eigenvalue weighted by molar-refractivity contribution is 5.95. The number of hydrogen-bond donors (Lipinski definition) is 0. The van der Waals surface area contributed by atoms with Crippen molar-refractivity contribution < 1.29 is 32.9 Å². The van der Waals surface area contributed by atoms with Crippen LogP contribution in [0.3, 0.4) is 0 Å². The lowest BCUT2D eigenvalue weighted by Crippen LogP contribution is -2.42. The van der Waals surface area contributed by atoms with Gasteiger partial charge in [0.05, 0.1) is 34.5 Å². The smallest absolute Gasteiger partial charge is 0.254 e. The van der Waals surface area contributed by atoms with Crippen LogP contribution in [0.5, 0.6) is 28.7 Å². The predicted molar refractivity (Wildman–Crippen MR) is 128 cm³/mol. The van der Waals surface area contributed by atoms with E-state index in [2.05, 4.69) is 0 Å². The average Bonchev–Trinajstić information content (AvgIpc) is 2.90. The first kappa shape index (κ1) is 24.2. The number of fused-ring (bicyclic) bond motifs is 1. The molecule has 35 heavy (non-hydrogen) atoms. The summed E-state index contributed by atoms with van der Waals surface area (Å²) in [7, 11) is 6.25. The molecule has 3 aromatic carbocycles. The molecule has 3 aromatic rings. The molecule has 0 fully saturated rings. The second-order valence-corrected chi connectivity index (χ2v) is 8.04. The topological polar surface area (TPSA) is 66.5 Å². The Morgan fingerprint density at radius 2 is 1.49 bits per heavy atom. The highest BCUT2D eigenvalue weighted by atomic mass is 19.1. The third-order valence-electron chi connectivity index (χ3n) is 6.08. The fourth-order valence-electron chi connectivity index (χ4n) is 4.25. The summed E-state index contributed by atoms with van der Waals surface area (Å²) in [6, 6.07) is 14.3. The number of nitrogens with zero attached hydrogens (tertiary/aromatic N) is 1. The normalized spacial score (nSPS) is 14.7. The van der Waals surface area contributed by atoms with Gasteiger partial charge >= 0.3 is 0 Å². The van der Waals surface area contributed by atoms with Gasteiger partial charge in [0, 0.05) is 18.2 Å². The van der Waals surface area contributed by atoms with Crippen LogP contribution < -0.4 is 23.7 Å². The highest BCUT2D eigenvalue weighted by Gasteiger charge is 2.33. The Kier molecular flexibility index (Phi) is 7.29. The van der Waals surface area contributed by atoms with E-state index >= 15 is 0 Å². The molecule has 0 N–H and O–H groups in total. The molecule has 0 spiro atoms. The zero-order chi connectivity index (χ0) is 24.9. The van der Waals surface area contributed by atoms with Crippen molar-refractivity contribution in [2.45, 2.75) is 12.5 Å². The SMILES string of the molecule is COc1cc(OC)cc(C(=O)N2CCc3cc(OC)c(OC)cc3C2COc2ccc(F)cc2)c1. The van der Waals surface area contributed by atoms with Gasteiger partial charge in [-0.3, -0.25) is 4.79 Å². The molecule has 0 bridgehead atoms. The van der Waals surface area contributed by atoms with Crippen LogP contribution in [-0.4, -0.2) is 52.4 Å². The van der Waals surface area contributed by atoms with Crippen LogP contribution in [0.15, 0.2) is 54.6 Å². The number of carbonyl (C=O) groups is 1. The molecule has 4 rings (SSSR count). The Labute approximate surface area is 203 Å². The molecule has 184 valence electrons. The first-order valence-corrected chi connectivity index (χ1v) is 11.1. The number of amides is 1. The Morgan fingerprint density at radius 3 is 2.09 bits per heavy atom. The standard InChI is InChI=1S/C27H28FNO6/c1-31-21-11-18(12-22(14-21)32-2)27(30)29-10-9-17-13-25(33-3)26(34-4)15-23(17)24(29)16-35-20-7-5-19(28)6-8-20/h5-8,11-15,24H,9-10,16H2,1-4H3. The molecule has 0 radical (unpaired) electrons. The van der Waals surface area contributed by atoms with E-state index in [1.165, 1.54) is 12.1 Å². The van der Waals surface area contributed by atoms with Crippen molar-refractivity contribution in [2.24, 2.45) is 0 Å². The first-order valence-electron chi connectivity index (χ1n) is 11.1. The maximum absolute atomic E-state index is 13.7. The van der Waals surface area contributed by atoms with Crippen LogP contribution in [0.1, 0.15) is 27.5 Å². The number of ether oxygens (including phenoxy) is 5. The minimum Gasteiger partial charge on any atom is -0.497 e. The monoisotopic (exact) mass is 481 g/mol. The number of rotatable bonds is 8. The molecule has 1 amide bonds. The van der Waals surface area contributed by atoms with Crippen molar-refractivity contribution in [1.29, 1.82) is 0 Å². The van der Waals surface area contributed by atoms with Gasteiger partial charge in [-0.25, -0.2) is 4.39 Å².